The van der Waals surface area contributed by atoms with Gasteiger partial charge >= 0.3 is 5.97 Å². The van der Waals surface area contributed by atoms with Crippen LogP contribution in [0.25, 0.3) is 10.8 Å². The number of carboxylic acids is 1. The minimum atomic E-state index is -0.789. The van der Waals surface area contributed by atoms with Gasteiger partial charge < -0.3 is 15.2 Å². The molecule has 2 rings (SSSR count). The first kappa shape index (κ1) is 15.3. The normalized spacial score (nSPS) is 12.3. The third kappa shape index (κ3) is 3.95. The number of fused-ring (bicyclic) bond motifs is 1. The molecule has 0 radical (unpaired) electrons. The lowest BCUT2D eigenvalue weighted by molar-refractivity contribution is -0.139. The summed E-state index contributed by atoms with van der Waals surface area (Å²) in [6.45, 7) is 2.54. The van der Waals surface area contributed by atoms with E-state index in [4.69, 9.17) is 9.84 Å². The lowest BCUT2D eigenvalue weighted by Crippen LogP contribution is -2.35. The molecule has 4 heteroatoms. The van der Waals surface area contributed by atoms with Crippen LogP contribution in [0, 0.1) is 0 Å². The third-order valence-corrected chi connectivity index (χ3v) is 3.54. The summed E-state index contributed by atoms with van der Waals surface area (Å²) in [6.07, 6.45) is 1.49. The number of rotatable bonds is 7. The molecular weight excluding hydrogens is 266 g/mol. The first-order valence-corrected chi connectivity index (χ1v) is 7.17. The number of hydrogen-bond acceptors (Lipinski definition) is 3. The second kappa shape index (κ2) is 7.09. The summed E-state index contributed by atoms with van der Waals surface area (Å²) >= 11 is 0. The topological polar surface area (TPSA) is 58.6 Å². The minimum Gasteiger partial charge on any atom is -0.497 e. The van der Waals surface area contributed by atoms with Gasteiger partial charge in [0.1, 0.15) is 11.8 Å². The summed E-state index contributed by atoms with van der Waals surface area (Å²) < 4.78 is 5.21. The molecule has 0 aromatic heterocycles. The van der Waals surface area contributed by atoms with E-state index >= 15 is 0 Å². The smallest absolute Gasteiger partial charge is 0.320 e. The summed E-state index contributed by atoms with van der Waals surface area (Å²) in [5.74, 6) is 0.0460. The van der Waals surface area contributed by atoms with Gasteiger partial charge in [-0.1, -0.05) is 31.5 Å². The Hall–Kier alpha value is -2.07. The average Bonchev–Trinajstić information content (AvgIpc) is 2.50. The lowest BCUT2D eigenvalue weighted by atomic mass is 10.1. The van der Waals surface area contributed by atoms with Crippen molar-refractivity contribution in [1.29, 1.82) is 0 Å². The van der Waals surface area contributed by atoms with Crippen molar-refractivity contribution < 1.29 is 14.6 Å². The molecule has 0 saturated carbocycles. The number of methoxy groups -OCH3 is 1. The van der Waals surface area contributed by atoms with Crippen LogP contribution in [-0.2, 0) is 11.3 Å². The predicted molar refractivity (Wildman–Crippen MR) is 83.7 cm³/mol. The molecule has 0 aliphatic carbocycles. The lowest BCUT2D eigenvalue weighted by Gasteiger charge is -2.13. The average molecular weight is 287 g/mol. The Bertz CT molecular complexity index is 624. The summed E-state index contributed by atoms with van der Waals surface area (Å²) in [7, 11) is 1.65. The summed E-state index contributed by atoms with van der Waals surface area (Å²) in [4.78, 5) is 11.1. The molecule has 112 valence electrons. The van der Waals surface area contributed by atoms with Crippen molar-refractivity contribution in [1.82, 2.24) is 5.32 Å². The van der Waals surface area contributed by atoms with Crippen molar-refractivity contribution in [2.75, 3.05) is 7.11 Å². The molecule has 0 aliphatic rings. The zero-order valence-electron chi connectivity index (χ0n) is 12.4. The molecule has 4 nitrogen and oxygen atoms in total. The molecule has 21 heavy (non-hydrogen) atoms. The number of hydrogen-bond donors (Lipinski definition) is 2. The molecule has 0 aliphatic heterocycles. The second-order valence-electron chi connectivity index (χ2n) is 5.11. The van der Waals surface area contributed by atoms with Gasteiger partial charge in [0.25, 0.3) is 0 Å². The highest BCUT2D eigenvalue weighted by Crippen LogP contribution is 2.21. The fourth-order valence-electron chi connectivity index (χ4n) is 2.35. The van der Waals surface area contributed by atoms with E-state index in [0.29, 0.717) is 13.0 Å². The van der Waals surface area contributed by atoms with Crippen LogP contribution in [0.5, 0.6) is 5.75 Å². The van der Waals surface area contributed by atoms with Crippen LogP contribution in [0.15, 0.2) is 36.4 Å². The Morgan fingerprint density at radius 3 is 2.62 bits per heavy atom. The van der Waals surface area contributed by atoms with Gasteiger partial charge in [0.05, 0.1) is 7.11 Å². The zero-order valence-corrected chi connectivity index (χ0v) is 12.4. The van der Waals surface area contributed by atoms with Gasteiger partial charge in [-0.3, -0.25) is 4.79 Å². The Labute approximate surface area is 124 Å². The Balaban J connectivity index is 2.10. The maximum absolute atomic E-state index is 11.1. The predicted octanol–water partition coefficient (Wildman–Crippen LogP) is 3.19. The molecule has 0 heterocycles. The largest absolute Gasteiger partial charge is 0.497 e. The molecular formula is C17H21NO3. The highest BCUT2D eigenvalue weighted by Gasteiger charge is 2.15. The SMILES string of the molecule is CCCC(NCc1ccc2cc(OC)ccc2c1)C(=O)O. The highest BCUT2D eigenvalue weighted by molar-refractivity contribution is 5.84. The van der Waals surface area contributed by atoms with E-state index in [1.807, 2.05) is 37.3 Å². The molecule has 0 amide bonds. The van der Waals surface area contributed by atoms with Crippen LogP contribution in [-0.4, -0.2) is 24.2 Å². The minimum absolute atomic E-state index is 0.485. The van der Waals surface area contributed by atoms with Crippen molar-refractivity contribution in [3.8, 4) is 5.75 Å². The van der Waals surface area contributed by atoms with Gasteiger partial charge in [0.15, 0.2) is 0 Å². The number of nitrogens with one attached hydrogen (secondary N) is 1. The number of benzene rings is 2. The van der Waals surface area contributed by atoms with Crippen LogP contribution in [0.1, 0.15) is 25.3 Å². The van der Waals surface area contributed by atoms with Crippen molar-refractivity contribution >= 4 is 16.7 Å². The second-order valence-corrected chi connectivity index (χ2v) is 5.11. The summed E-state index contributed by atoms with van der Waals surface area (Å²) in [5, 5.41) is 14.5. The molecule has 0 saturated heterocycles. The van der Waals surface area contributed by atoms with E-state index < -0.39 is 12.0 Å². The maximum atomic E-state index is 11.1. The molecule has 2 aromatic carbocycles. The Morgan fingerprint density at radius 2 is 1.95 bits per heavy atom. The number of ether oxygens (including phenoxy) is 1. The van der Waals surface area contributed by atoms with Crippen molar-refractivity contribution in [2.24, 2.45) is 0 Å². The van der Waals surface area contributed by atoms with E-state index in [0.717, 1.165) is 28.5 Å². The molecule has 2 N–H and O–H groups in total. The molecule has 1 atom stereocenters. The summed E-state index contributed by atoms with van der Waals surface area (Å²) in [5.41, 5.74) is 1.08. The molecule has 1 unspecified atom stereocenters. The molecule has 0 bridgehead atoms. The van der Waals surface area contributed by atoms with E-state index in [2.05, 4.69) is 11.4 Å². The van der Waals surface area contributed by atoms with Crippen molar-refractivity contribution in [2.45, 2.75) is 32.4 Å². The van der Waals surface area contributed by atoms with Crippen LogP contribution in [0.3, 0.4) is 0 Å². The summed E-state index contributed by atoms with van der Waals surface area (Å²) in [6, 6.07) is 11.6. The first-order chi connectivity index (χ1) is 10.1. The fourth-order valence-corrected chi connectivity index (χ4v) is 2.35. The monoisotopic (exact) mass is 287 g/mol. The van der Waals surface area contributed by atoms with E-state index in [1.54, 1.807) is 7.11 Å². The van der Waals surface area contributed by atoms with E-state index in [1.165, 1.54) is 0 Å². The van der Waals surface area contributed by atoms with E-state index in [9.17, 15) is 4.79 Å². The van der Waals surface area contributed by atoms with Crippen molar-refractivity contribution in [3.63, 3.8) is 0 Å². The van der Waals surface area contributed by atoms with Crippen LogP contribution in [0.4, 0.5) is 0 Å². The Kier molecular flexibility index (Phi) is 5.17. The molecule has 0 spiro atoms. The number of carbonyl (C=O) groups is 1. The van der Waals surface area contributed by atoms with Gasteiger partial charge in [-0.05, 0) is 41.0 Å². The first-order valence-electron chi connectivity index (χ1n) is 7.17. The van der Waals surface area contributed by atoms with Gasteiger partial charge in [0.2, 0.25) is 0 Å². The number of aliphatic carboxylic acids is 1. The van der Waals surface area contributed by atoms with Gasteiger partial charge in [0, 0.05) is 6.54 Å². The fraction of sp³-hybridized carbons (Fsp3) is 0.353. The molecule has 2 aromatic rings. The van der Waals surface area contributed by atoms with Crippen LogP contribution in [0.2, 0.25) is 0 Å². The van der Waals surface area contributed by atoms with Crippen molar-refractivity contribution in [3.05, 3.63) is 42.0 Å². The third-order valence-electron chi connectivity index (χ3n) is 3.54. The van der Waals surface area contributed by atoms with Crippen LogP contribution < -0.4 is 10.1 Å². The number of carboxylic acid groups (broad SMARTS) is 1. The van der Waals surface area contributed by atoms with Crippen LogP contribution >= 0.6 is 0 Å². The Morgan fingerprint density at radius 1 is 1.24 bits per heavy atom. The standard InChI is InChI=1S/C17H21NO3/c1-3-4-16(17(19)20)18-11-12-5-6-14-10-15(21-2)8-7-13(14)9-12/h5-10,16,18H,3-4,11H2,1-2H3,(H,19,20). The highest BCUT2D eigenvalue weighted by atomic mass is 16.5. The van der Waals surface area contributed by atoms with Gasteiger partial charge in [-0.2, -0.15) is 0 Å². The maximum Gasteiger partial charge on any atom is 0.320 e. The quantitative estimate of drug-likeness (QED) is 0.821. The molecule has 0 fully saturated rings. The van der Waals surface area contributed by atoms with E-state index in [-0.39, 0.29) is 0 Å². The zero-order chi connectivity index (χ0) is 15.2. The van der Waals surface area contributed by atoms with Gasteiger partial charge in [-0.15, -0.1) is 0 Å². The van der Waals surface area contributed by atoms with Gasteiger partial charge in [-0.25, -0.2) is 0 Å².